The van der Waals surface area contributed by atoms with Crippen molar-refractivity contribution in [3.8, 4) is 5.75 Å². The van der Waals surface area contributed by atoms with Gasteiger partial charge >= 0.3 is 5.97 Å². The van der Waals surface area contributed by atoms with E-state index in [1.165, 1.54) is 0 Å². The van der Waals surface area contributed by atoms with E-state index in [-0.39, 0.29) is 18.2 Å². The lowest BCUT2D eigenvalue weighted by Gasteiger charge is -2.17. The molecule has 2 atom stereocenters. The van der Waals surface area contributed by atoms with Gasteiger partial charge in [0.05, 0.1) is 0 Å². The largest absolute Gasteiger partial charge is 0.481 e. The first kappa shape index (κ1) is 17.3. The average Bonchev–Trinajstić information content (AvgIpc) is 2.39. The predicted octanol–water partition coefficient (Wildman–Crippen LogP) is 2.64. The van der Waals surface area contributed by atoms with Crippen molar-refractivity contribution in [3.63, 3.8) is 0 Å². The van der Waals surface area contributed by atoms with Crippen molar-refractivity contribution in [1.82, 2.24) is 5.32 Å². The minimum atomic E-state index is -0.877. The average molecular weight is 314 g/mol. The third-order valence-electron chi connectivity index (χ3n) is 2.96. The molecule has 2 unspecified atom stereocenters. The van der Waals surface area contributed by atoms with Crippen LogP contribution in [0.25, 0.3) is 0 Å². The fourth-order valence-electron chi connectivity index (χ4n) is 1.74. The van der Waals surface area contributed by atoms with Gasteiger partial charge < -0.3 is 15.2 Å². The topological polar surface area (TPSA) is 75.6 Å². The van der Waals surface area contributed by atoms with E-state index in [0.29, 0.717) is 17.3 Å². The number of carbonyl (C=O) groups excluding carboxylic acids is 1. The molecule has 2 N–H and O–H groups in total. The Morgan fingerprint density at radius 3 is 2.62 bits per heavy atom. The highest BCUT2D eigenvalue weighted by Crippen LogP contribution is 2.21. The van der Waals surface area contributed by atoms with Crippen LogP contribution in [0.2, 0.25) is 5.02 Å². The molecule has 0 bridgehead atoms. The van der Waals surface area contributed by atoms with Crippen LogP contribution in [0.5, 0.6) is 5.75 Å². The summed E-state index contributed by atoms with van der Waals surface area (Å²) in [5, 5.41) is 12.0. The van der Waals surface area contributed by atoms with Crippen LogP contribution in [0.4, 0.5) is 0 Å². The van der Waals surface area contributed by atoms with Crippen LogP contribution in [0.15, 0.2) is 18.2 Å². The molecule has 5 nitrogen and oxygen atoms in total. The van der Waals surface area contributed by atoms with Crippen molar-refractivity contribution >= 4 is 23.5 Å². The number of aliphatic carboxylic acids is 1. The van der Waals surface area contributed by atoms with E-state index in [1.54, 1.807) is 32.0 Å². The van der Waals surface area contributed by atoms with Crippen molar-refractivity contribution in [2.24, 2.45) is 5.92 Å². The molecule has 0 saturated carbocycles. The summed E-state index contributed by atoms with van der Waals surface area (Å²) >= 11 is 5.92. The van der Waals surface area contributed by atoms with Crippen LogP contribution >= 0.6 is 11.6 Å². The first-order chi connectivity index (χ1) is 9.79. The first-order valence-electron chi connectivity index (χ1n) is 6.72. The zero-order valence-electron chi connectivity index (χ0n) is 12.4. The van der Waals surface area contributed by atoms with Crippen LogP contribution in [0.3, 0.4) is 0 Å². The van der Waals surface area contributed by atoms with Crippen molar-refractivity contribution in [1.29, 1.82) is 0 Å². The van der Waals surface area contributed by atoms with Gasteiger partial charge in [-0.1, -0.05) is 18.5 Å². The smallest absolute Gasteiger partial charge is 0.303 e. The van der Waals surface area contributed by atoms with Crippen molar-refractivity contribution in [2.75, 3.05) is 6.54 Å². The molecule has 1 rings (SSSR count). The molecule has 116 valence electrons. The lowest BCUT2D eigenvalue weighted by molar-refractivity contribution is -0.138. The maximum Gasteiger partial charge on any atom is 0.303 e. The second kappa shape index (κ2) is 7.88. The van der Waals surface area contributed by atoms with E-state index < -0.39 is 12.1 Å². The van der Waals surface area contributed by atoms with Gasteiger partial charge in [0.1, 0.15) is 5.75 Å². The molecule has 0 radical (unpaired) electrons. The van der Waals surface area contributed by atoms with Crippen molar-refractivity contribution in [3.05, 3.63) is 28.8 Å². The Bertz CT molecular complexity index is 518. The minimum Gasteiger partial charge on any atom is -0.481 e. The summed E-state index contributed by atoms with van der Waals surface area (Å²) in [6, 6.07) is 5.18. The summed E-state index contributed by atoms with van der Waals surface area (Å²) in [5.74, 6) is -0.716. The quantitative estimate of drug-likeness (QED) is 0.811. The Balaban J connectivity index is 2.47. The minimum absolute atomic E-state index is 0.0197. The van der Waals surface area contributed by atoms with Crippen LogP contribution in [0.1, 0.15) is 25.8 Å². The number of aryl methyl sites for hydroxylation is 1. The third-order valence-corrected chi connectivity index (χ3v) is 3.38. The number of carboxylic acid groups (broad SMARTS) is 1. The van der Waals surface area contributed by atoms with E-state index in [0.717, 1.165) is 5.56 Å². The number of hydrogen-bond donors (Lipinski definition) is 2. The highest BCUT2D eigenvalue weighted by molar-refractivity contribution is 6.31. The molecular formula is C15H20ClNO4. The van der Waals surface area contributed by atoms with Gasteiger partial charge in [0.25, 0.3) is 5.91 Å². The number of nitrogens with one attached hydrogen (secondary N) is 1. The molecule has 0 heterocycles. The van der Waals surface area contributed by atoms with Gasteiger partial charge in [-0.05, 0) is 43.5 Å². The number of ether oxygens (including phenoxy) is 1. The second-order valence-electron chi connectivity index (χ2n) is 5.12. The maximum absolute atomic E-state index is 11.9. The molecule has 21 heavy (non-hydrogen) atoms. The lowest BCUT2D eigenvalue weighted by atomic mass is 10.1. The molecule has 0 spiro atoms. The normalized spacial score (nSPS) is 13.3. The summed E-state index contributed by atoms with van der Waals surface area (Å²) < 4.78 is 5.54. The Labute approximate surface area is 129 Å². The summed E-state index contributed by atoms with van der Waals surface area (Å²) in [5.41, 5.74) is 0.872. The number of benzene rings is 1. The highest BCUT2D eigenvalue weighted by atomic mass is 35.5. The summed E-state index contributed by atoms with van der Waals surface area (Å²) in [4.78, 5) is 22.4. The number of carboxylic acids is 1. The molecule has 1 aromatic carbocycles. The maximum atomic E-state index is 11.9. The first-order valence-corrected chi connectivity index (χ1v) is 7.09. The van der Waals surface area contributed by atoms with Crippen LogP contribution in [-0.2, 0) is 9.59 Å². The summed E-state index contributed by atoms with van der Waals surface area (Å²) in [6.45, 7) is 5.57. The zero-order valence-corrected chi connectivity index (χ0v) is 13.1. The van der Waals surface area contributed by atoms with Gasteiger partial charge in [0.2, 0.25) is 0 Å². The molecule has 1 amide bonds. The van der Waals surface area contributed by atoms with Gasteiger partial charge in [0.15, 0.2) is 6.10 Å². The molecule has 0 aliphatic rings. The van der Waals surface area contributed by atoms with Gasteiger partial charge in [-0.15, -0.1) is 0 Å². The van der Waals surface area contributed by atoms with Crippen molar-refractivity contribution in [2.45, 2.75) is 33.3 Å². The van der Waals surface area contributed by atoms with Crippen molar-refractivity contribution < 1.29 is 19.4 Å². The van der Waals surface area contributed by atoms with Crippen LogP contribution in [-0.4, -0.2) is 29.6 Å². The fourth-order valence-corrected chi connectivity index (χ4v) is 1.85. The third kappa shape index (κ3) is 6.04. The van der Waals surface area contributed by atoms with E-state index in [4.69, 9.17) is 21.4 Å². The SMILES string of the molecule is Cc1cc(OC(C)C(=O)NCC(C)CC(=O)O)ccc1Cl. The second-order valence-corrected chi connectivity index (χ2v) is 5.53. The van der Waals surface area contributed by atoms with Crippen LogP contribution in [0, 0.1) is 12.8 Å². The number of halogens is 1. The Kier molecular flexibility index (Phi) is 6.49. The monoisotopic (exact) mass is 313 g/mol. The summed E-state index contributed by atoms with van der Waals surface area (Å²) in [7, 11) is 0. The van der Waals surface area contributed by atoms with Gasteiger partial charge in [-0.25, -0.2) is 0 Å². The predicted molar refractivity (Wildman–Crippen MR) is 80.7 cm³/mol. The van der Waals surface area contributed by atoms with E-state index in [2.05, 4.69) is 5.32 Å². The summed E-state index contributed by atoms with van der Waals surface area (Å²) in [6.07, 6.45) is -0.645. The van der Waals surface area contributed by atoms with Crippen LogP contribution < -0.4 is 10.1 Å². The Morgan fingerprint density at radius 2 is 2.05 bits per heavy atom. The van der Waals surface area contributed by atoms with Gasteiger partial charge in [0, 0.05) is 18.0 Å². The standard InChI is InChI=1S/C15H20ClNO4/c1-9(6-14(18)19)8-17-15(20)11(3)21-12-4-5-13(16)10(2)7-12/h4-5,7,9,11H,6,8H2,1-3H3,(H,17,20)(H,18,19). The van der Waals surface area contributed by atoms with Gasteiger partial charge in [-0.3, -0.25) is 9.59 Å². The number of rotatable bonds is 7. The van der Waals surface area contributed by atoms with E-state index in [1.807, 2.05) is 6.92 Å². The Morgan fingerprint density at radius 1 is 1.38 bits per heavy atom. The van der Waals surface area contributed by atoms with E-state index >= 15 is 0 Å². The highest BCUT2D eigenvalue weighted by Gasteiger charge is 2.16. The number of carbonyl (C=O) groups is 2. The lowest BCUT2D eigenvalue weighted by Crippen LogP contribution is -2.38. The number of amides is 1. The molecule has 6 heteroatoms. The molecule has 0 aliphatic heterocycles. The molecule has 0 aromatic heterocycles. The Hall–Kier alpha value is -1.75. The molecule has 0 saturated heterocycles. The molecule has 0 aliphatic carbocycles. The molecule has 1 aromatic rings. The zero-order chi connectivity index (χ0) is 16.0. The molecule has 0 fully saturated rings. The number of hydrogen-bond acceptors (Lipinski definition) is 3. The van der Waals surface area contributed by atoms with Gasteiger partial charge in [-0.2, -0.15) is 0 Å². The van der Waals surface area contributed by atoms with E-state index in [9.17, 15) is 9.59 Å². The molecular weight excluding hydrogens is 294 g/mol. The fraction of sp³-hybridized carbons (Fsp3) is 0.467.